The highest BCUT2D eigenvalue weighted by atomic mass is 32.2. The number of hydrogen-bond acceptors (Lipinski definition) is 3. The Morgan fingerprint density at radius 3 is 2.55 bits per heavy atom. The zero-order valence-corrected chi connectivity index (χ0v) is 12.4. The largest absolute Gasteiger partial charge is 0.496 e. The van der Waals surface area contributed by atoms with E-state index in [0.717, 1.165) is 15.5 Å². The molecular weight excluding hydrogens is 275 g/mol. The average molecular weight is 290 g/mol. The van der Waals surface area contributed by atoms with Crippen molar-refractivity contribution in [3.8, 4) is 5.75 Å². The predicted octanol–water partition coefficient (Wildman–Crippen LogP) is 4.50. The zero-order valence-electron chi connectivity index (χ0n) is 11.6. The molecule has 2 aromatic carbocycles. The van der Waals surface area contributed by atoms with Gasteiger partial charge in [0.15, 0.2) is 5.78 Å². The molecule has 2 nitrogen and oxygen atoms in total. The number of para-hydroxylation sites is 1. The van der Waals surface area contributed by atoms with E-state index in [2.05, 4.69) is 0 Å². The minimum absolute atomic E-state index is 0.152. The summed E-state index contributed by atoms with van der Waals surface area (Å²) in [7, 11) is 1.60. The van der Waals surface area contributed by atoms with E-state index in [4.69, 9.17) is 4.74 Å². The fourth-order valence-electron chi connectivity index (χ4n) is 1.84. The van der Waals surface area contributed by atoms with E-state index >= 15 is 0 Å². The van der Waals surface area contributed by atoms with Crippen molar-refractivity contribution >= 4 is 17.5 Å². The molecule has 0 aliphatic rings. The van der Waals surface area contributed by atoms with Crippen molar-refractivity contribution in [1.29, 1.82) is 0 Å². The van der Waals surface area contributed by atoms with Gasteiger partial charge in [-0.05, 0) is 43.7 Å². The van der Waals surface area contributed by atoms with Crippen molar-refractivity contribution in [3.63, 3.8) is 0 Å². The number of Topliss-reactive ketones (excluding diaryl/α,β-unsaturated/α-hetero) is 1. The van der Waals surface area contributed by atoms with E-state index in [0.29, 0.717) is 11.1 Å². The van der Waals surface area contributed by atoms with Crippen LogP contribution in [0.1, 0.15) is 22.8 Å². The SMILES string of the molecule is COc1ccccc1Sc1cc(C)c(F)cc1C(C)=O. The first kappa shape index (κ1) is 14.6. The molecule has 2 aromatic rings. The fourth-order valence-corrected chi connectivity index (χ4v) is 3.02. The number of carbonyl (C=O) groups excluding carboxylic acids is 1. The van der Waals surface area contributed by atoms with Gasteiger partial charge in [-0.2, -0.15) is 0 Å². The van der Waals surface area contributed by atoms with Crippen molar-refractivity contribution in [2.75, 3.05) is 7.11 Å². The Morgan fingerprint density at radius 2 is 1.90 bits per heavy atom. The number of ketones is 1. The molecule has 0 fully saturated rings. The Hall–Kier alpha value is -1.81. The highest BCUT2D eigenvalue weighted by Crippen LogP contribution is 2.37. The first-order valence-electron chi connectivity index (χ1n) is 6.15. The molecule has 0 saturated heterocycles. The second-order valence-electron chi connectivity index (χ2n) is 4.41. The summed E-state index contributed by atoms with van der Waals surface area (Å²) in [5, 5.41) is 0. The van der Waals surface area contributed by atoms with Gasteiger partial charge in [-0.1, -0.05) is 23.9 Å². The minimum Gasteiger partial charge on any atom is -0.496 e. The third kappa shape index (κ3) is 3.02. The molecule has 4 heteroatoms. The van der Waals surface area contributed by atoms with Crippen molar-refractivity contribution in [2.45, 2.75) is 23.6 Å². The number of ether oxygens (including phenoxy) is 1. The third-order valence-electron chi connectivity index (χ3n) is 2.93. The van der Waals surface area contributed by atoms with Gasteiger partial charge in [-0.15, -0.1) is 0 Å². The van der Waals surface area contributed by atoms with E-state index in [1.807, 2.05) is 24.3 Å². The lowest BCUT2D eigenvalue weighted by atomic mass is 10.1. The van der Waals surface area contributed by atoms with E-state index in [1.165, 1.54) is 24.8 Å². The van der Waals surface area contributed by atoms with Gasteiger partial charge in [0.25, 0.3) is 0 Å². The monoisotopic (exact) mass is 290 g/mol. The van der Waals surface area contributed by atoms with Crippen LogP contribution in [0.2, 0.25) is 0 Å². The van der Waals surface area contributed by atoms with Gasteiger partial charge in [-0.25, -0.2) is 4.39 Å². The lowest BCUT2D eigenvalue weighted by Crippen LogP contribution is -1.98. The van der Waals surface area contributed by atoms with Crippen LogP contribution in [0.3, 0.4) is 0 Å². The molecule has 0 aliphatic heterocycles. The molecule has 0 heterocycles. The van der Waals surface area contributed by atoms with Crippen LogP contribution in [0.25, 0.3) is 0 Å². The molecule has 0 bridgehead atoms. The number of rotatable bonds is 4. The summed E-state index contributed by atoms with van der Waals surface area (Å²) in [6.45, 7) is 3.13. The maximum Gasteiger partial charge on any atom is 0.161 e. The summed E-state index contributed by atoms with van der Waals surface area (Å²) >= 11 is 1.40. The van der Waals surface area contributed by atoms with Crippen LogP contribution in [0.15, 0.2) is 46.2 Å². The van der Waals surface area contributed by atoms with Crippen LogP contribution < -0.4 is 4.74 Å². The number of methoxy groups -OCH3 is 1. The van der Waals surface area contributed by atoms with E-state index < -0.39 is 0 Å². The molecule has 0 N–H and O–H groups in total. The summed E-state index contributed by atoms with van der Waals surface area (Å²) in [5.74, 6) is 0.217. The molecule has 0 atom stereocenters. The Bertz CT molecular complexity index is 653. The molecule has 0 aliphatic carbocycles. The Labute approximate surface area is 122 Å². The van der Waals surface area contributed by atoms with Crippen LogP contribution >= 0.6 is 11.8 Å². The lowest BCUT2D eigenvalue weighted by molar-refractivity contribution is 0.101. The van der Waals surface area contributed by atoms with Crippen molar-refractivity contribution in [1.82, 2.24) is 0 Å². The third-order valence-corrected chi connectivity index (χ3v) is 4.04. The Morgan fingerprint density at radius 1 is 1.20 bits per heavy atom. The Balaban J connectivity index is 2.47. The average Bonchev–Trinajstić information content (AvgIpc) is 2.43. The van der Waals surface area contributed by atoms with Gasteiger partial charge < -0.3 is 4.74 Å². The number of aryl methyl sites for hydroxylation is 1. The van der Waals surface area contributed by atoms with Crippen LogP contribution in [-0.2, 0) is 0 Å². The molecule has 0 spiro atoms. The highest BCUT2D eigenvalue weighted by molar-refractivity contribution is 7.99. The molecule has 0 saturated carbocycles. The summed E-state index contributed by atoms with van der Waals surface area (Å²) in [4.78, 5) is 13.3. The molecular formula is C16H15FO2S. The fraction of sp³-hybridized carbons (Fsp3) is 0.188. The molecule has 104 valence electrons. The van der Waals surface area contributed by atoms with Crippen LogP contribution in [0, 0.1) is 12.7 Å². The van der Waals surface area contributed by atoms with E-state index in [9.17, 15) is 9.18 Å². The molecule has 2 rings (SSSR count). The second kappa shape index (κ2) is 6.09. The maximum atomic E-state index is 13.6. The Kier molecular flexibility index (Phi) is 4.45. The van der Waals surface area contributed by atoms with Crippen LogP contribution in [-0.4, -0.2) is 12.9 Å². The van der Waals surface area contributed by atoms with Gasteiger partial charge in [0.05, 0.1) is 12.0 Å². The molecule has 0 amide bonds. The van der Waals surface area contributed by atoms with E-state index in [1.54, 1.807) is 20.1 Å². The van der Waals surface area contributed by atoms with Crippen molar-refractivity contribution in [2.24, 2.45) is 0 Å². The second-order valence-corrected chi connectivity index (χ2v) is 5.49. The molecule has 20 heavy (non-hydrogen) atoms. The van der Waals surface area contributed by atoms with Gasteiger partial charge in [-0.3, -0.25) is 4.79 Å². The maximum absolute atomic E-state index is 13.6. The smallest absolute Gasteiger partial charge is 0.161 e. The number of benzene rings is 2. The summed E-state index contributed by atoms with van der Waals surface area (Å²) in [6.07, 6.45) is 0. The summed E-state index contributed by atoms with van der Waals surface area (Å²) in [5.41, 5.74) is 0.913. The first-order valence-corrected chi connectivity index (χ1v) is 6.96. The van der Waals surface area contributed by atoms with Crippen molar-refractivity contribution in [3.05, 3.63) is 53.3 Å². The van der Waals surface area contributed by atoms with Crippen LogP contribution in [0.5, 0.6) is 5.75 Å². The topological polar surface area (TPSA) is 26.3 Å². The van der Waals surface area contributed by atoms with E-state index in [-0.39, 0.29) is 11.6 Å². The molecule has 0 unspecified atom stereocenters. The van der Waals surface area contributed by atoms with Gasteiger partial charge in [0.1, 0.15) is 11.6 Å². The first-order chi connectivity index (χ1) is 9.52. The zero-order chi connectivity index (χ0) is 14.7. The number of carbonyl (C=O) groups is 1. The number of halogens is 1. The van der Waals surface area contributed by atoms with Gasteiger partial charge in [0.2, 0.25) is 0 Å². The van der Waals surface area contributed by atoms with Crippen LogP contribution in [0.4, 0.5) is 4.39 Å². The number of hydrogen-bond donors (Lipinski definition) is 0. The summed E-state index contributed by atoms with van der Waals surface area (Å²) in [6, 6.07) is 10.5. The quantitative estimate of drug-likeness (QED) is 0.776. The minimum atomic E-state index is -0.362. The highest BCUT2D eigenvalue weighted by Gasteiger charge is 2.14. The summed E-state index contributed by atoms with van der Waals surface area (Å²) < 4.78 is 18.9. The predicted molar refractivity (Wildman–Crippen MR) is 78.3 cm³/mol. The van der Waals surface area contributed by atoms with Gasteiger partial charge >= 0.3 is 0 Å². The lowest BCUT2D eigenvalue weighted by Gasteiger charge is -2.11. The standard InChI is InChI=1S/C16H15FO2S/c1-10-8-16(12(11(2)18)9-13(10)17)20-15-7-5-4-6-14(15)19-3/h4-9H,1-3H3. The normalized spacial score (nSPS) is 10.4. The molecule has 0 radical (unpaired) electrons. The van der Waals surface area contributed by atoms with Gasteiger partial charge in [0, 0.05) is 10.5 Å². The van der Waals surface area contributed by atoms with Crippen molar-refractivity contribution < 1.29 is 13.9 Å². The molecule has 0 aromatic heterocycles.